The molecule has 0 radical (unpaired) electrons. The zero-order chi connectivity index (χ0) is 21.0. The van der Waals surface area contributed by atoms with E-state index in [0.29, 0.717) is 11.0 Å². The summed E-state index contributed by atoms with van der Waals surface area (Å²) in [5.41, 5.74) is 2.04. The first kappa shape index (κ1) is 24.4. The molecule has 1 aliphatic rings. The van der Waals surface area contributed by atoms with E-state index in [4.69, 9.17) is 5.11 Å². The second kappa shape index (κ2) is 12.8. The van der Waals surface area contributed by atoms with Crippen LogP contribution in [-0.2, 0) is 0 Å². The average molecular weight is 390 g/mol. The van der Waals surface area contributed by atoms with Crippen molar-refractivity contribution in [2.45, 2.75) is 79.2 Å². The fraction of sp³-hybridized carbons (Fsp3) is 0.600. The highest BCUT2D eigenvalue weighted by molar-refractivity contribution is 5.38. The van der Waals surface area contributed by atoms with E-state index in [-0.39, 0.29) is 20.0 Å². The van der Waals surface area contributed by atoms with Crippen LogP contribution in [0.1, 0.15) is 78.8 Å². The third-order valence-corrected chi connectivity index (χ3v) is 4.57. The quantitative estimate of drug-likeness (QED) is 0.251. The van der Waals surface area contributed by atoms with E-state index in [2.05, 4.69) is 50.1 Å². The Labute approximate surface area is 173 Å². The predicted molar refractivity (Wildman–Crippen MR) is 120 cm³/mol. The molecule has 0 saturated heterocycles. The van der Waals surface area contributed by atoms with Gasteiger partial charge in [0.25, 0.3) is 0 Å². The van der Waals surface area contributed by atoms with Gasteiger partial charge in [-0.3, -0.25) is 5.32 Å². The van der Waals surface area contributed by atoms with Crippen LogP contribution >= 0.6 is 0 Å². The molecular weight excluding hydrogens is 349 g/mol. The lowest BCUT2D eigenvalue weighted by Crippen LogP contribution is -2.24. The fourth-order valence-electron chi connectivity index (χ4n) is 2.61. The predicted octanol–water partition coefficient (Wildman–Crippen LogP) is 6.22. The van der Waals surface area contributed by atoms with Crippen molar-refractivity contribution in [2.75, 3.05) is 6.73 Å². The van der Waals surface area contributed by atoms with E-state index >= 15 is 0 Å². The van der Waals surface area contributed by atoms with Gasteiger partial charge in [-0.1, -0.05) is 50.8 Å². The van der Waals surface area contributed by atoms with Crippen molar-refractivity contribution in [2.24, 2.45) is 11.3 Å². The highest BCUT2D eigenvalue weighted by atomic mass is 19.1. The zero-order valence-electron chi connectivity index (χ0n) is 18.3. The van der Waals surface area contributed by atoms with Gasteiger partial charge in [0.15, 0.2) is 0 Å². The van der Waals surface area contributed by atoms with Gasteiger partial charge in [-0.2, -0.15) is 0 Å². The van der Waals surface area contributed by atoms with E-state index in [0.717, 1.165) is 24.3 Å². The molecule has 0 aromatic heterocycles. The summed E-state index contributed by atoms with van der Waals surface area (Å²) in [6.45, 7) is 10.8. The highest BCUT2D eigenvalue weighted by Crippen LogP contribution is 2.31. The van der Waals surface area contributed by atoms with Gasteiger partial charge in [0.05, 0.1) is 12.3 Å². The maximum atomic E-state index is 13.2. The Kier molecular flexibility index (Phi) is 11.1. The van der Waals surface area contributed by atoms with Gasteiger partial charge in [0.1, 0.15) is 5.82 Å². The minimum Gasteiger partial charge on any atom is -0.381 e. The summed E-state index contributed by atoms with van der Waals surface area (Å²) in [7, 11) is 0. The fourth-order valence-corrected chi connectivity index (χ4v) is 2.61. The molecule has 1 atom stereocenters. The number of hydrogen-bond donors (Lipinski definition) is 2. The third kappa shape index (κ3) is 12.7. The number of aliphatic hydroxyl groups is 1. The SMILES string of the molecule is C[C@@H](/C=C/CCCC(C)(C)C)NCO.Cc1ccc(F)c(C#CCC2CC2)c1.[HH]. The Morgan fingerprint density at radius 1 is 1.36 bits per heavy atom. The number of rotatable bonds is 7. The first-order valence-electron chi connectivity index (χ1n) is 10.5. The molecule has 1 aromatic rings. The number of aliphatic hydroxyl groups excluding tert-OH is 1. The van der Waals surface area contributed by atoms with Crippen molar-refractivity contribution in [3.05, 3.63) is 47.3 Å². The van der Waals surface area contributed by atoms with Crippen molar-refractivity contribution >= 4 is 0 Å². The number of hydrogen-bond acceptors (Lipinski definition) is 2. The van der Waals surface area contributed by atoms with Gasteiger partial charge in [0.2, 0.25) is 0 Å². The molecule has 158 valence electrons. The van der Waals surface area contributed by atoms with Gasteiger partial charge >= 0.3 is 0 Å². The van der Waals surface area contributed by atoms with Crippen molar-refractivity contribution < 1.29 is 10.9 Å². The van der Waals surface area contributed by atoms with Crippen LogP contribution in [0.3, 0.4) is 0 Å². The van der Waals surface area contributed by atoms with Crippen molar-refractivity contribution in [3.8, 4) is 11.8 Å². The molecule has 2 nitrogen and oxygen atoms in total. The molecule has 1 aromatic carbocycles. The van der Waals surface area contributed by atoms with E-state index in [1.54, 1.807) is 12.1 Å². The van der Waals surface area contributed by atoms with E-state index in [1.807, 2.05) is 13.8 Å². The van der Waals surface area contributed by atoms with E-state index < -0.39 is 0 Å². The minimum atomic E-state index is -0.209. The zero-order valence-corrected chi connectivity index (χ0v) is 18.3. The third-order valence-electron chi connectivity index (χ3n) is 4.57. The van der Waals surface area contributed by atoms with Crippen LogP contribution in [-0.4, -0.2) is 17.9 Å². The van der Waals surface area contributed by atoms with Crippen molar-refractivity contribution in [1.29, 1.82) is 0 Å². The Bertz CT molecular complexity index is 666. The molecule has 0 aliphatic heterocycles. The lowest BCUT2D eigenvalue weighted by Gasteiger charge is -2.16. The topological polar surface area (TPSA) is 32.3 Å². The molecular formula is C25H40FNO. The summed E-state index contributed by atoms with van der Waals surface area (Å²) in [6, 6.07) is 5.32. The summed E-state index contributed by atoms with van der Waals surface area (Å²) in [6.07, 6.45) is 11.5. The van der Waals surface area contributed by atoms with Crippen molar-refractivity contribution in [3.63, 3.8) is 0 Å². The number of benzene rings is 1. The summed E-state index contributed by atoms with van der Waals surface area (Å²) in [4.78, 5) is 0. The molecule has 1 fully saturated rings. The molecule has 2 N–H and O–H groups in total. The van der Waals surface area contributed by atoms with Crippen LogP contribution in [0.4, 0.5) is 4.39 Å². The number of unbranched alkanes of at least 4 members (excludes halogenated alkanes) is 1. The molecule has 3 heteroatoms. The minimum absolute atomic E-state index is 0. The van der Waals surface area contributed by atoms with Crippen LogP contribution < -0.4 is 5.32 Å². The normalized spacial score (nSPS) is 14.8. The van der Waals surface area contributed by atoms with Gasteiger partial charge in [-0.25, -0.2) is 4.39 Å². The Morgan fingerprint density at radius 3 is 2.68 bits per heavy atom. The smallest absolute Gasteiger partial charge is 0.138 e. The first-order valence-corrected chi connectivity index (χ1v) is 10.5. The number of allylic oxidation sites excluding steroid dienone is 1. The average Bonchev–Trinajstić information content (AvgIpc) is 3.42. The molecule has 0 unspecified atom stereocenters. The van der Waals surface area contributed by atoms with Crippen molar-refractivity contribution in [1.82, 2.24) is 5.32 Å². The Balaban J connectivity index is 0.000000523. The summed E-state index contributed by atoms with van der Waals surface area (Å²) >= 11 is 0. The second-order valence-corrected chi connectivity index (χ2v) is 8.96. The number of nitrogens with one attached hydrogen (secondary N) is 1. The van der Waals surface area contributed by atoms with Crippen LogP contribution in [0.25, 0.3) is 0 Å². The largest absolute Gasteiger partial charge is 0.381 e. The number of aryl methyl sites for hydroxylation is 1. The molecule has 1 aliphatic carbocycles. The molecule has 1 saturated carbocycles. The first-order chi connectivity index (χ1) is 13.2. The molecule has 0 heterocycles. The van der Waals surface area contributed by atoms with Crippen LogP contribution in [0.15, 0.2) is 30.4 Å². The summed E-state index contributed by atoms with van der Waals surface area (Å²) < 4.78 is 13.2. The van der Waals surface area contributed by atoms with Gasteiger partial charge in [-0.15, -0.1) is 0 Å². The van der Waals surface area contributed by atoms with Gasteiger partial charge in [0, 0.05) is 13.9 Å². The monoisotopic (exact) mass is 389 g/mol. The Hall–Kier alpha value is -1.63. The van der Waals surface area contributed by atoms with E-state index in [1.165, 1.54) is 31.7 Å². The maximum Gasteiger partial charge on any atom is 0.138 e. The maximum absolute atomic E-state index is 13.2. The van der Waals surface area contributed by atoms with Gasteiger partial charge < -0.3 is 5.11 Å². The van der Waals surface area contributed by atoms with Crippen LogP contribution in [0.5, 0.6) is 0 Å². The second-order valence-electron chi connectivity index (χ2n) is 8.96. The molecule has 0 spiro atoms. The summed E-state index contributed by atoms with van der Waals surface area (Å²) in [5, 5.41) is 11.5. The lowest BCUT2D eigenvalue weighted by molar-refractivity contribution is 0.253. The molecule has 2 rings (SSSR count). The van der Waals surface area contributed by atoms with E-state index in [9.17, 15) is 4.39 Å². The number of halogens is 1. The lowest BCUT2D eigenvalue weighted by atomic mass is 9.90. The molecule has 0 amide bonds. The standard InChI is InChI=1S/C13H13F.C12H25NO.H2/c1-10-5-8-13(14)12(9-10)4-2-3-11-6-7-11;1-11(13-10-14)8-6-5-7-9-12(2,3)4;/h5,8-9,11H,3,6-7H2,1H3;6,8,11,13-14H,5,7,9-10H2,1-4H3;1H/b;8-6+;/t;11-;/m.0./s1. The Morgan fingerprint density at radius 2 is 2.07 bits per heavy atom. The highest BCUT2D eigenvalue weighted by Gasteiger charge is 2.19. The molecule has 28 heavy (non-hydrogen) atoms. The van der Waals surface area contributed by atoms with Crippen LogP contribution in [0, 0.1) is 35.9 Å². The van der Waals surface area contributed by atoms with Crippen LogP contribution in [0.2, 0.25) is 0 Å². The molecule has 0 bridgehead atoms. The summed E-state index contributed by atoms with van der Waals surface area (Å²) in [5.74, 6) is 6.52. The van der Waals surface area contributed by atoms with Gasteiger partial charge in [-0.05, 0) is 75.0 Å².